The van der Waals surface area contributed by atoms with E-state index in [-0.39, 0.29) is 47.9 Å². The molecule has 0 aliphatic heterocycles. The number of pyridine rings is 2. The van der Waals surface area contributed by atoms with Crippen LogP contribution in [0.3, 0.4) is 0 Å². The number of thiophene rings is 1. The molecule has 0 atom stereocenters. The van der Waals surface area contributed by atoms with Crippen LogP contribution in [0, 0.1) is 16.9 Å². The molecule has 3 aromatic heterocycles. The number of aliphatic hydroxyl groups is 1. The minimum atomic E-state index is -0.337. The zero-order chi connectivity index (χ0) is 34.9. The SMILES string of the molecule is CC(C)(C)c1cc(-c2nccc3sc4c(c23)-c2ncccc2CC4)[c-]c2ccccc12.CCC(C)(CC)C(=O)/C=C(\O)C(C)(CC)CC.[Ir]. The zero-order valence-corrected chi connectivity index (χ0v) is 33.8. The average molecular weight is 852 g/mol. The summed E-state index contributed by atoms with van der Waals surface area (Å²) >= 11 is 1.89. The molecule has 1 N–H and O–H groups in total. The van der Waals surface area contributed by atoms with Gasteiger partial charge in [0.25, 0.3) is 0 Å². The Morgan fingerprint density at radius 2 is 1.51 bits per heavy atom. The number of carbonyl (C=O) groups is 1. The molecule has 0 amide bonds. The van der Waals surface area contributed by atoms with Gasteiger partial charge in [-0.25, -0.2) is 0 Å². The molecule has 0 unspecified atom stereocenters. The second-order valence-electron chi connectivity index (χ2n) is 14.8. The summed E-state index contributed by atoms with van der Waals surface area (Å²) in [6.07, 6.45) is 10.7. The third-order valence-electron chi connectivity index (χ3n) is 10.9. The predicted octanol–water partition coefficient (Wildman–Crippen LogP) is 12.0. The fourth-order valence-electron chi connectivity index (χ4n) is 6.50. The van der Waals surface area contributed by atoms with Crippen molar-refractivity contribution in [3.8, 4) is 22.5 Å². The van der Waals surface area contributed by atoms with E-state index < -0.39 is 0 Å². The third kappa shape index (κ3) is 7.62. The van der Waals surface area contributed by atoms with Crippen LogP contribution in [0.25, 0.3) is 43.4 Å². The van der Waals surface area contributed by atoms with Crippen molar-refractivity contribution in [2.75, 3.05) is 0 Å². The van der Waals surface area contributed by atoms with Gasteiger partial charge in [-0.3, -0.25) is 14.8 Å². The van der Waals surface area contributed by atoms with E-state index in [4.69, 9.17) is 9.97 Å². The number of aryl methyl sites for hydroxylation is 2. The summed E-state index contributed by atoms with van der Waals surface area (Å²) in [5, 5.41) is 13.8. The number of fused-ring (bicyclic) bond motifs is 6. The average Bonchev–Trinajstić information content (AvgIpc) is 3.49. The van der Waals surface area contributed by atoms with E-state index in [1.165, 1.54) is 43.1 Å². The Morgan fingerprint density at radius 3 is 2.16 bits per heavy atom. The normalized spacial score (nSPS) is 13.3. The van der Waals surface area contributed by atoms with Gasteiger partial charge in [-0.15, -0.1) is 40.5 Å². The van der Waals surface area contributed by atoms with Gasteiger partial charge in [0.15, 0.2) is 5.78 Å². The van der Waals surface area contributed by atoms with Gasteiger partial charge in [-0.1, -0.05) is 97.5 Å². The number of benzene rings is 2. The number of allylic oxidation sites excluding steroid dienone is 2. The van der Waals surface area contributed by atoms with Gasteiger partial charge < -0.3 is 5.11 Å². The summed E-state index contributed by atoms with van der Waals surface area (Å²) in [6, 6.07) is 21.0. The maximum Gasteiger partial charge on any atom is 0.164 e. The topological polar surface area (TPSA) is 63.1 Å². The predicted molar refractivity (Wildman–Crippen MR) is 204 cm³/mol. The van der Waals surface area contributed by atoms with E-state index in [0.29, 0.717) is 0 Å². The molecule has 5 aromatic rings. The van der Waals surface area contributed by atoms with E-state index in [2.05, 4.69) is 69.3 Å². The third-order valence-corrected chi connectivity index (χ3v) is 12.1. The minimum absolute atomic E-state index is 0. The quantitative estimate of drug-likeness (QED) is 0.0960. The molecular formula is C43H51IrN2O2S-. The Bertz CT molecular complexity index is 1980. The van der Waals surface area contributed by atoms with Gasteiger partial charge in [-0.05, 0) is 67.0 Å². The molecule has 0 fully saturated rings. The second kappa shape index (κ2) is 15.4. The number of ketones is 1. The number of rotatable bonds is 8. The molecule has 0 bridgehead atoms. The maximum absolute atomic E-state index is 12.2. The number of nitrogens with zero attached hydrogens (tertiary/aromatic N) is 2. The Balaban J connectivity index is 0.000000260. The van der Waals surface area contributed by atoms with Crippen molar-refractivity contribution in [2.45, 2.75) is 106 Å². The van der Waals surface area contributed by atoms with Crippen molar-refractivity contribution in [3.63, 3.8) is 0 Å². The van der Waals surface area contributed by atoms with Crippen molar-refractivity contribution in [2.24, 2.45) is 10.8 Å². The van der Waals surface area contributed by atoms with E-state index in [1.54, 1.807) is 0 Å². The molecule has 49 heavy (non-hydrogen) atoms. The van der Waals surface area contributed by atoms with E-state index >= 15 is 0 Å². The first-order valence-electron chi connectivity index (χ1n) is 17.6. The summed E-state index contributed by atoms with van der Waals surface area (Å²) in [6.45, 7) is 18.9. The summed E-state index contributed by atoms with van der Waals surface area (Å²) in [7, 11) is 0. The molecule has 1 radical (unpaired) electrons. The van der Waals surface area contributed by atoms with Gasteiger partial charge in [0.05, 0.1) is 5.69 Å². The van der Waals surface area contributed by atoms with Crippen molar-refractivity contribution in [1.82, 2.24) is 9.97 Å². The number of hydrogen-bond acceptors (Lipinski definition) is 5. The molecule has 6 rings (SSSR count). The fraction of sp³-hybridized carbons (Fsp3) is 0.419. The van der Waals surface area contributed by atoms with Crippen molar-refractivity contribution in [3.05, 3.63) is 94.8 Å². The molecular weight excluding hydrogens is 801 g/mol. The van der Waals surface area contributed by atoms with Crippen molar-refractivity contribution >= 4 is 38.0 Å². The Hall–Kier alpha value is -3.18. The first kappa shape index (κ1) is 38.6. The molecule has 0 spiro atoms. The standard InChI is InChI=1S/C28H23N2S.C15H28O2.Ir/c1-28(2,3)21-16-19(15-18-7-4-5-9-20(18)21)27-25-23(12-14-30-27)31-22-11-10-17-8-6-13-29-26(17)24(22)25;1-7-14(5,8-2)12(16)11-13(17)15(6,9-3)10-4;/h4-9,12-14,16H,10-11H2,1-3H3;11,16H,7-10H2,1-6H3;/q-1;;/b;12-11-;. The van der Waals surface area contributed by atoms with Crippen LogP contribution >= 0.6 is 11.3 Å². The molecule has 2 aromatic carbocycles. The van der Waals surface area contributed by atoms with Crippen LogP contribution in [0.2, 0.25) is 0 Å². The Kier molecular flexibility index (Phi) is 12.1. The minimum Gasteiger partial charge on any atom is -0.512 e. The molecule has 0 saturated carbocycles. The molecule has 6 heteroatoms. The molecule has 261 valence electrons. The number of aromatic nitrogens is 2. The monoisotopic (exact) mass is 852 g/mol. The van der Waals surface area contributed by atoms with Crippen molar-refractivity contribution in [1.29, 1.82) is 0 Å². The first-order valence-corrected chi connectivity index (χ1v) is 18.4. The van der Waals surface area contributed by atoms with Crippen LogP contribution in [0.4, 0.5) is 0 Å². The zero-order valence-electron chi connectivity index (χ0n) is 30.6. The van der Waals surface area contributed by atoms with E-state index in [0.717, 1.165) is 60.9 Å². The first-order chi connectivity index (χ1) is 22.8. The summed E-state index contributed by atoms with van der Waals surface area (Å²) in [5.74, 6) is 0.286. The maximum atomic E-state index is 12.2. The van der Waals surface area contributed by atoms with Crippen LogP contribution in [0.5, 0.6) is 0 Å². The smallest absolute Gasteiger partial charge is 0.164 e. The molecule has 1 aliphatic rings. The molecule has 4 nitrogen and oxygen atoms in total. The van der Waals surface area contributed by atoms with Crippen LogP contribution in [0.15, 0.2) is 72.8 Å². The summed E-state index contributed by atoms with van der Waals surface area (Å²) < 4.78 is 1.28. The summed E-state index contributed by atoms with van der Waals surface area (Å²) in [5.41, 5.74) is 6.58. The summed E-state index contributed by atoms with van der Waals surface area (Å²) in [4.78, 5) is 23.3. The number of aliphatic hydroxyl groups excluding tert-OH is 1. The Labute approximate surface area is 310 Å². The van der Waals surface area contributed by atoms with E-state index in [1.807, 2.05) is 71.3 Å². The van der Waals surface area contributed by atoms with Gasteiger partial charge in [0.2, 0.25) is 0 Å². The molecule has 3 heterocycles. The Morgan fingerprint density at radius 1 is 0.857 bits per heavy atom. The van der Waals surface area contributed by atoms with Gasteiger partial charge in [-0.2, -0.15) is 0 Å². The van der Waals surface area contributed by atoms with Crippen LogP contribution in [-0.2, 0) is 43.2 Å². The number of carbonyl (C=O) groups excluding carboxylic acids is 1. The van der Waals surface area contributed by atoms with Crippen LogP contribution < -0.4 is 0 Å². The molecule has 1 aliphatic carbocycles. The van der Waals surface area contributed by atoms with Crippen LogP contribution in [-0.4, -0.2) is 20.9 Å². The number of hydrogen-bond donors (Lipinski definition) is 1. The van der Waals surface area contributed by atoms with Crippen molar-refractivity contribution < 1.29 is 30.0 Å². The molecule has 0 saturated heterocycles. The van der Waals surface area contributed by atoms with Gasteiger partial charge in [0.1, 0.15) is 5.76 Å². The van der Waals surface area contributed by atoms with Gasteiger partial charge >= 0.3 is 0 Å². The fourth-order valence-corrected chi connectivity index (χ4v) is 7.70. The van der Waals surface area contributed by atoms with Gasteiger partial charge in [0, 0.05) is 70.2 Å². The second-order valence-corrected chi connectivity index (χ2v) is 15.9. The largest absolute Gasteiger partial charge is 0.512 e. The van der Waals surface area contributed by atoms with Crippen LogP contribution in [0.1, 0.15) is 104 Å². The van der Waals surface area contributed by atoms with E-state index in [9.17, 15) is 9.90 Å².